The lowest BCUT2D eigenvalue weighted by atomic mass is 9.96. The molecule has 0 aliphatic carbocycles. The van der Waals surface area contributed by atoms with Gasteiger partial charge in [0.2, 0.25) is 5.89 Å². The van der Waals surface area contributed by atoms with Gasteiger partial charge in [0, 0.05) is 11.6 Å². The first-order chi connectivity index (χ1) is 16.6. The van der Waals surface area contributed by atoms with Crippen molar-refractivity contribution in [3.05, 3.63) is 71.8 Å². The molecule has 0 saturated heterocycles. The maximum Gasteiger partial charge on any atom is 0.422 e. The average molecular weight is 484 g/mol. The maximum absolute atomic E-state index is 12.8. The summed E-state index contributed by atoms with van der Waals surface area (Å²) in [4.78, 5) is 15.6. The second-order valence-corrected chi connectivity index (χ2v) is 8.18. The van der Waals surface area contributed by atoms with Gasteiger partial charge in [-0.05, 0) is 54.2 Å². The number of halogens is 3. The third-order valence-electron chi connectivity index (χ3n) is 5.65. The van der Waals surface area contributed by atoms with E-state index in [1.165, 1.54) is 6.07 Å². The van der Waals surface area contributed by atoms with Crippen LogP contribution in [0, 0.1) is 6.92 Å². The van der Waals surface area contributed by atoms with E-state index in [0.29, 0.717) is 17.0 Å². The number of nitrogens with two attached hydrogens (primary N) is 1. The van der Waals surface area contributed by atoms with E-state index in [-0.39, 0.29) is 24.2 Å². The van der Waals surface area contributed by atoms with Crippen LogP contribution in [-0.4, -0.2) is 34.9 Å². The number of carbonyl (C=O) groups is 1. The normalized spacial score (nSPS) is 12.6. The van der Waals surface area contributed by atoms with E-state index < -0.39 is 24.8 Å². The first kappa shape index (κ1) is 24.3. The van der Waals surface area contributed by atoms with E-state index in [4.69, 9.17) is 20.0 Å². The molecule has 0 aliphatic rings. The summed E-state index contributed by atoms with van der Waals surface area (Å²) in [7, 11) is 0. The van der Waals surface area contributed by atoms with Crippen molar-refractivity contribution in [3.63, 3.8) is 0 Å². The minimum absolute atomic E-state index is 0.0200. The van der Waals surface area contributed by atoms with Crippen molar-refractivity contribution in [2.24, 2.45) is 5.73 Å². The van der Waals surface area contributed by atoms with Crippen LogP contribution < -0.4 is 10.5 Å². The van der Waals surface area contributed by atoms with Crippen LogP contribution in [0.3, 0.4) is 0 Å². The van der Waals surface area contributed by atoms with Gasteiger partial charge in [0.1, 0.15) is 17.3 Å². The number of ether oxygens (including phenoxy) is 1. The molecule has 0 radical (unpaired) electrons. The fourth-order valence-corrected chi connectivity index (χ4v) is 3.84. The zero-order chi connectivity index (χ0) is 25.2. The average Bonchev–Trinajstić information content (AvgIpc) is 3.23. The molecule has 3 aromatic carbocycles. The van der Waals surface area contributed by atoms with Crippen molar-refractivity contribution >= 4 is 17.1 Å². The summed E-state index contributed by atoms with van der Waals surface area (Å²) in [5.41, 5.74) is 10.3. The maximum atomic E-state index is 12.8. The highest BCUT2D eigenvalue weighted by molar-refractivity contribution is 5.82. The summed E-state index contributed by atoms with van der Waals surface area (Å²) in [6.45, 7) is 0.457. The van der Waals surface area contributed by atoms with Gasteiger partial charge in [0.05, 0.1) is 0 Å². The molecule has 4 rings (SSSR count). The first-order valence-electron chi connectivity index (χ1n) is 10.9. The predicted molar refractivity (Wildman–Crippen MR) is 125 cm³/mol. The van der Waals surface area contributed by atoms with Gasteiger partial charge in [0.25, 0.3) is 0 Å². The number of hydrogen-bond acceptors (Lipinski definition) is 5. The lowest BCUT2D eigenvalue weighted by Crippen LogP contribution is -2.30. The molecule has 0 spiro atoms. The number of rotatable bonds is 8. The van der Waals surface area contributed by atoms with Crippen LogP contribution in [-0.2, 0) is 11.2 Å². The highest BCUT2D eigenvalue weighted by Crippen LogP contribution is 2.35. The predicted octanol–water partition coefficient (Wildman–Crippen LogP) is 5.76. The number of aromatic nitrogens is 1. The van der Waals surface area contributed by atoms with Crippen LogP contribution in [0.1, 0.15) is 17.5 Å². The number of fused-ring (bicyclic) bond motifs is 1. The Hall–Kier alpha value is -3.85. The molecule has 35 heavy (non-hydrogen) atoms. The lowest BCUT2D eigenvalue weighted by molar-refractivity contribution is -0.153. The highest BCUT2D eigenvalue weighted by Gasteiger charge is 2.29. The Morgan fingerprint density at radius 2 is 1.83 bits per heavy atom. The van der Waals surface area contributed by atoms with E-state index in [0.717, 1.165) is 22.3 Å². The number of nitrogens with zero attached hydrogens (tertiary/aromatic N) is 1. The number of hydrogen-bond donors (Lipinski definition) is 2. The number of benzene rings is 3. The van der Waals surface area contributed by atoms with Gasteiger partial charge in [0.15, 0.2) is 12.2 Å². The van der Waals surface area contributed by atoms with Crippen molar-refractivity contribution in [1.29, 1.82) is 0 Å². The largest absolute Gasteiger partial charge is 0.484 e. The summed E-state index contributed by atoms with van der Waals surface area (Å²) in [5, 5.41) is 9.04. The van der Waals surface area contributed by atoms with E-state index in [9.17, 15) is 18.0 Å². The molecule has 0 fully saturated rings. The quantitative estimate of drug-likeness (QED) is 0.330. The van der Waals surface area contributed by atoms with E-state index in [1.54, 1.807) is 6.07 Å². The van der Waals surface area contributed by atoms with Crippen LogP contribution in [0.2, 0.25) is 0 Å². The van der Waals surface area contributed by atoms with Crippen molar-refractivity contribution in [3.8, 4) is 28.3 Å². The molecule has 0 aliphatic heterocycles. The number of carboxylic acids is 1. The Morgan fingerprint density at radius 1 is 1.11 bits per heavy atom. The summed E-state index contributed by atoms with van der Waals surface area (Å²) < 4.78 is 49.3. The standard InChI is InChI=1S/C26H23F3N2O4/c1-15-18(16-6-3-2-4-7-16)8-5-9-19(15)24-31-21-12-17(10-11-20(30)25(32)33)22(13-23(21)35-24)34-14-26(27,28)29/h2-9,12-13,20H,10-11,14,30H2,1H3,(H,32,33)/t20-/m1/s1. The minimum Gasteiger partial charge on any atom is -0.484 e. The molecule has 1 aromatic heterocycles. The van der Waals surface area contributed by atoms with Gasteiger partial charge < -0.3 is 20.0 Å². The molecule has 3 N–H and O–H groups in total. The van der Waals surface area contributed by atoms with Gasteiger partial charge >= 0.3 is 12.1 Å². The number of oxazole rings is 1. The van der Waals surface area contributed by atoms with E-state index in [1.807, 2.05) is 55.5 Å². The molecular weight excluding hydrogens is 461 g/mol. The molecular formula is C26H23F3N2O4. The molecule has 9 heteroatoms. The van der Waals surface area contributed by atoms with Gasteiger partial charge in [-0.25, -0.2) is 4.98 Å². The summed E-state index contributed by atoms with van der Waals surface area (Å²) >= 11 is 0. The van der Waals surface area contributed by atoms with Crippen molar-refractivity contribution in [2.75, 3.05) is 6.61 Å². The number of aliphatic carboxylic acids is 1. The molecule has 0 bridgehead atoms. The third kappa shape index (κ3) is 5.63. The molecule has 182 valence electrons. The number of carboxylic acid groups (broad SMARTS) is 1. The molecule has 6 nitrogen and oxygen atoms in total. The second-order valence-electron chi connectivity index (χ2n) is 8.18. The number of alkyl halides is 3. The van der Waals surface area contributed by atoms with E-state index >= 15 is 0 Å². The van der Waals surface area contributed by atoms with Crippen LogP contribution in [0.15, 0.2) is 65.1 Å². The molecule has 0 unspecified atom stereocenters. The molecule has 1 heterocycles. The summed E-state index contributed by atoms with van der Waals surface area (Å²) in [5.74, 6) is -0.928. The first-order valence-corrected chi connectivity index (χ1v) is 10.9. The molecule has 0 saturated carbocycles. The second kappa shape index (κ2) is 9.79. The molecule has 0 amide bonds. The lowest BCUT2D eigenvalue weighted by Gasteiger charge is -2.14. The van der Waals surface area contributed by atoms with Gasteiger partial charge in [-0.15, -0.1) is 0 Å². The number of aryl methyl sites for hydroxylation is 1. The zero-order valence-electron chi connectivity index (χ0n) is 18.8. The fourth-order valence-electron chi connectivity index (χ4n) is 3.84. The minimum atomic E-state index is -4.54. The Labute approximate surface area is 199 Å². The zero-order valence-corrected chi connectivity index (χ0v) is 18.8. The van der Waals surface area contributed by atoms with Crippen LogP contribution in [0.4, 0.5) is 13.2 Å². The summed E-state index contributed by atoms with van der Waals surface area (Å²) in [6.07, 6.45) is -4.42. The Balaban J connectivity index is 1.73. The van der Waals surface area contributed by atoms with Crippen LogP contribution >= 0.6 is 0 Å². The molecule has 1 atom stereocenters. The van der Waals surface area contributed by atoms with Gasteiger partial charge in [-0.1, -0.05) is 42.5 Å². The monoisotopic (exact) mass is 484 g/mol. The van der Waals surface area contributed by atoms with Crippen LogP contribution in [0.5, 0.6) is 5.75 Å². The Kier molecular flexibility index (Phi) is 6.79. The molecule has 4 aromatic rings. The van der Waals surface area contributed by atoms with Crippen molar-refractivity contribution in [2.45, 2.75) is 32.0 Å². The van der Waals surface area contributed by atoms with Gasteiger partial charge in [-0.3, -0.25) is 4.79 Å². The smallest absolute Gasteiger partial charge is 0.422 e. The SMILES string of the molecule is Cc1c(-c2ccccc2)cccc1-c1nc2cc(CC[C@@H](N)C(=O)O)c(OCC(F)(F)F)cc2o1. The highest BCUT2D eigenvalue weighted by atomic mass is 19.4. The Bertz CT molecular complexity index is 1350. The topological polar surface area (TPSA) is 98.6 Å². The van der Waals surface area contributed by atoms with Crippen LogP contribution in [0.25, 0.3) is 33.7 Å². The Morgan fingerprint density at radius 3 is 2.51 bits per heavy atom. The van der Waals surface area contributed by atoms with E-state index in [2.05, 4.69) is 4.98 Å². The van der Waals surface area contributed by atoms with Gasteiger partial charge in [-0.2, -0.15) is 13.2 Å². The fraction of sp³-hybridized carbons (Fsp3) is 0.231. The van der Waals surface area contributed by atoms with Crippen molar-refractivity contribution in [1.82, 2.24) is 4.98 Å². The third-order valence-corrected chi connectivity index (χ3v) is 5.65. The summed E-state index contributed by atoms with van der Waals surface area (Å²) in [6, 6.07) is 17.3. The van der Waals surface area contributed by atoms with Crippen molar-refractivity contribution < 1.29 is 32.2 Å².